The zero-order valence-corrected chi connectivity index (χ0v) is 11.3. The normalized spacial score (nSPS) is 11.1. The van der Waals surface area contributed by atoms with Crippen LogP contribution in [0.2, 0.25) is 0 Å². The van der Waals surface area contributed by atoms with Crippen LogP contribution in [0.4, 0.5) is 0 Å². The highest BCUT2D eigenvalue weighted by Crippen LogP contribution is 2.10. The fourth-order valence-corrected chi connectivity index (χ4v) is 2.57. The number of carbonyl (C=O) groups is 1. The molecule has 0 aliphatic heterocycles. The molecule has 1 N–H and O–H groups in total. The van der Waals surface area contributed by atoms with Crippen LogP contribution in [0.3, 0.4) is 0 Å². The summed E-state index contributed by atoms with van der Waals surface area (Å²) < 4.78 is 3.01. The molecule has 20 heavy (non-hydrogen) atoms. The quantitative estimate of drug-likeness (QED) is 0.777. The van der Waals surface area contributed by atoms with E-state index in [9.17, 15) is 9.59 Å². The van der Waals surface area contributed by atoms with Gasteiger partial charge in [0.05, 0.1) is 17.9 Å². The fourth-order valence-electron chi connectivity index (χ4n) is 1.93. The molecule has 0 fully saturated rings. The monoisotopic (exact) mass is 290 g/mol. The molecule has 3 heterocycles. The number of fused-ring (bicyclic) bond motifs is 1. The number of nitrogens with zero attached hydrogens (tertiary/aromatic N) is 4. The van der Waals surface area contributed by atoms with Crippen molar-refractivity contribution in [3.63, 3.8) is 0 Å². The molecule has 0 saturated carbocycles. The minimum Gasteiger partial charge on any atom is -0.476 e. The Balaban J connectivity index is 1.99. The number of carboxylic acids is 1. The van der Waals surface area contributed by atoms with Crippen LogP contribution in [0.15, 0.2) is 28.6 Å². The number of thiazole rings is 1. The van der Waals surface area contributed by atoms with E-state index in [0.29, 0.717) is 11.2 Å². The van der Waals surface area contributed by atoms with Crippen molar-refractivity contribution in [1.82, 2.24) is 19.2 Å². The second kappa shape index (κ2) is 4.57. The van der Waals surface area contributed by atoms with E-state index < -0.39 is 5.97 Å². The van der Waals surface area contributed by atoms with Crippen molar-refractivity contribution in [2.45, 2.75) is 13.5 Å². The summed E-state index contributed by atoms with van der Waals surface area (Å²) in [5, 5.41) is 14.7. The molecule has 102 valence electrons. The number of aromatic nitrogens is 4. The molecule has 0 aromatic carbocycles. The predicted octanol–water partition coefficient (Wildman–Crippen LogP) is 1.01. The van der Waals surface area contributed by atoms with Gasteiger partial charge in [-0.1, -0.05) is 0 Å². The van der Waals surface area contributed by atoms with Crippen LogP contribution in [0.25, 0.3) is 5.52 Å². The van der Waals surface area contributed by atoms with Crippen molar-refractivity contribution in [3.8, 4) is 0 Å². The summed E-state index contributed by atoms with van der Waals surface area (Å²) in [6, 6.07) is 1.71. The van der Waals surface area contributed by atoms with Gasteiger partial charge >= 0.3 is 5.97 Å². The molecule has 7 nitrogen and oxygen atoms in total. The van der Waals surface area contributed by atoms with Gasteiger partial charge in [-0.05, 0) is 13.0 Å². The van der Waals surface area contributed by atoms with Crippen molar-refractivity contribution < 1.29 is 9.90 Å². The smallest absolute Gasteiger partial charge is 0.365 e. The molecule has 0 amide bonds. The molecular weight excluding hydrogens is 280 g/mol. The summed E-state index contributed by atoms with van der Waals surface area (Å²) in [6.07, 6.45) is 3.30. The minimum atomic E-state index is -1.06. The van der Waals surface area contributed by atoms with Gasteiger partial charge in [0, 0.05) is 17.8 Å². The summed E-state index contributed by atoms with van der Waals surface area (Å²) in [6.45, 7) is 2.06. The molecule has 0 saturated heterocycles. The molecule has 0 spiro atoms. The molecule has 0 radical (unpaired) electrons. The Kier molecular flexibility index (Phi) is 2.87. The SMILES string of the molecule is Cc1cc2c(=O)n(Cc3csc(C(=O)O)n3)ccn2n1. The molecule has 3 aromatic rings. The number of hydrogen-bond donors (Lipinski definition) is 1. The third kappa shape index (κ3) is 2.10. The van der Waals surface area contributed by atoms with Crippen LogP contribution < -0.4 is 5.56 Å². The van der Waals surface area contributed by atoms with Crippen molar-refractivity contribution in [2.24, 2.45) is 0 Å². The molecule has 0 unspecified atom stereocenters. The zero-order valence-electron chi connectivity index (χ0n) is 10.5. The summed E-state index contributed by atoms with van der Waals surface area (Å²) in [5.74, 6) is -1.06. The molecular formula is C12H10N4O3S. The Morgan fingerprint density at radius 2 is 2.25 bits per heavy atom. The molecule has 3 aromatic heterocycles. The number of aromatic carboxylic acids is 1. The Bertz CT molecular complexity index is 861. The highest BCUT2D eigenvalue weighted by atomic mass is 32.1. The Morgan fingerprint density at radius 3 is 2.95 bits per heavy atom. The van der Waals surface area contributed by atoms with Crippen molar-refractivity contribution in [1.29, 1.82) is 0 Å². The highest BCUT2D eigenvalue weighted by Gasteiger charge is 2.11. The predicted molar refractivity (Wildman–Crippen MR) is 72.4 cm³/mol. The standard InChI is InChI=1S/C12H10N4O3S/c1-7-4-9-11(17)15(2-3-16(9)14-7)5-8-6-20-10(13-8)12(18)19/h2-4,6H,5H2,1H3,(H,18,19). The second-order valence-electron chi connectivity index (χ2n) is 4.30. The average Bonchev–Trinajstić information content (AvgIpc) is 2.99. The van der Waals surface area contributed by atoms with Gasteiger partial charge in [-0.2, -0.15) is 5.10 Å². The molecule has 3 rings (SSSR count). The number of carboxylic acid groups (broad SMARTS) is 1. The first kappa shape index (κ1) is 12.5. The van der Waals surface area contributed by atoms with Crippen molar-refractivity contribution in [2.75, 3.05) is 0 Å². The lowest BCUT2D eigenvalue weighted by molar-refractivity contribution is 0.0696. The van der Waals surface area contributed by atoms with Crippen LogP contribution in [0.1, 0.15) is 21.2 Å². The summed E-state index contributed by atoms with van der Waals surface area (Å²) in [4.78, 5) is 27.0. The van der Waals surface area contributed by atoms with Crippen LogP contribution in [0.5, 0.6) is 0 Å². The lowest BCUT2D eigenvalue weighted by Crippen LogP contribution is -2.22. The van der Waals surface area contributed by atoms with E-state index in [0.717, 1.165) is 17.0 Å². The lowest BCUT2D eigenvalue weighted by atomic mass is 10.4. The van der Waals surface area contributed by atoms with Crippen LogP contribution >= 0.6 is 11.3 Å². The van der Waals surface area contributed by atoms with Crippen LogP contribution in [-0.2, 0) is 6.54 Å². The Labute approximate surface area is 116 Å². The summed E-state index contributed by atoms with van der Waals surface area (Å²) in [5.41, 5.74) is 1.62. The zero-order chi connectivity index (χ0) is 14.3. The fraction of sp³-hybridized carbons (Fsp3) is 0.167. The van der Waals surface area contributed by atoms with Crippen molar-refractivity contribution >= 4 is 22.8 Å². The number of hydrogen-bond acceptors (Lipinski definition) is 5. The summed E-state index contributed by atoms with van der Waals surface area (Å²) >= 11 is 1.05. The number of aryl methyl sites for hydroxylation is 1. The number of rotatable bonds is 3. The van der Waals surface area contributed by atoms with E-state index in [1.165, 1.54) is 9.08 Å². The van der Waals surface area contributed by atoms with Gasteiger partial charge in [-0.25, -0.2) is 14.3 Å². The van der Waals surface area contributed by atoms with E-state index in [2.05, 4.69) is 10.1 Å². The molecule has 0 atom stereocenters. The van der Waals surface area contributed by atoms with E-state index in [1.54, 1.807) is 23.8 Å². The maximum atomic E-state index is 12.2. The van der Waals surface area contributed by atoms with E-state index in [-0.39, 0.29) is 17.1 Å². The molecule has 0 bridgehead atoms. The molecule has 0 aliphatic carbocycles. The first-order chi connectivity index (χ1) is 9.54. The summed E-state index contributed by atoms with van der Waals surface area (Å²) in [7, 11) is 0. The third-order valence-corrected chi connectivity index (χ3v) is 3.67. The Hall–Kier alpha value is -2.48. The van der Waals surface area contributed by atoms with E-state index >= 15 is 0 Å². The first-order valence-corrected chi connectivity index (χ1v) is 6.65. The van der Waals surface area contributed by atoms with Gasteiger partial charge in [0.15, 0.2) is 0 Å². The van der Waals surface area contributed by atoms with Crippen LogP contribution in [0, 0.1) is 6.92 Å². The topological polar surface area (TPSA) is 89.5 Å². The van der Waals surface area contributed by atoms with Gasteiger partial charge in [0.25, 0.3) is 5.56 Å². The van der Waals surface area contributed by atoms with Crippen LogP contribution in [-0.4, -0.2) is 30.2 Å². The van der Waals surface area contributed by atoms with E-state index in [1.807, 2.05) is 6.92 Å². The minimum absolute atomic E-state index is 0.0225. The Morgan fingerprint density at radius 1 is 1.45 bits per heavy atom. The first-order valence-electron chi connectivity index (χ1n) is 5.78. The second-order valence-corrected chi connectivity index (χ2v) is 5.15. The van der Waals surface area contributed by atoms with Gasteiger partial charge in [0.1, 0.15) is 5.52 Å². The van der Waals surface area contributed by atoms with Gasteiger partial charge in [-0.3, -0.25) is 4.79 Å². The maximum Gasteiger partial charge on any atom is 0.365 e. The average molecular weight is 290 g/mol. The van der Waals surface area contributed by atoms with Gasteiger partial charge in [0.2, 0.25) is 5.01 Å². The van der Waals surface area contributed by atoms with Crippen molar-refractivity contribution in [3.05, 3.63) is 50.6 Å². The molecule has 8 heteroatoms. The van der Waals surface area contributed by atoms with Gasteiger partial charge < -0.3 is 9.67 Å². The largest absolute Gasteiger partial charge is 0.476 e. The molecule has 0 aliphatic rings. The highest BCUT2D eigenvalue weighted by molar-refractivity contribution is 7.11. The third-order valence-electron chi connectivity index (χ3n) is 2.79. The van der Waals surface area contributed by atoms with Gasteiger partial charge in [-0.15, -0.1) is 11.3 Å². The van der Waals surface area contributed by atoms with E-state index in [4.69, 9.17) is 5.11 Å². The maximum absolute atomic E-state index is 12.2. The lowest BCUT2D eigenvalue weighted by Gasteiger charge is -2.03.